The van der Waals surface area contributed by atoms with E-state index < -0.39 is 36.1 Å². The second-order valence-corrected chi connectivity index (χ2v) is 5.44. The molecule has 0 N–H and O–H groups in total. The number of ether oxygens (including phenoxy) is 1. The highest BCUT2D eigenvalue weighted by Gasteiger charge is 2.44. The Labute approximate surface area is 143 Å². The van der Waals surface area contributed by atoms with Crippen LogP contribution in [0.5, 0.6) is 5.75 Å². The maximum absolute atomic E-state index is 13.7. The minimum absolute atomic E-state index is 0.0507. The Bertz CT molecular complexity index is 736. The summed E-state index contributed by atoms with van der Waals surface area (Å²) in [7, 11) is 2.80. The highest BCUT2D eigenvalue weighted by atomic mass is 19.1. The maximum atomic E-state index is 13.7. The third-order valence-electron chi connectivity index (χ3n) is 3.81. The van der Waals surface area contributed by atoms with Crippen LogP contribution in [-0.2, 0) is 20.9 Å². The van der Waals surface area contributed by atoms with Crippen molar-refractivity contribution in [2.24, 2.45) is 0 Å². The van der Waals surface area contributed by atoms with E-state index >= 15 is 0 Å². The molecule has 8 nitrogen and oxygen atoms in total. The summed E-state index contributed by atoms with van der Waals surface area (Å²) in [6.07, 6.45) is 0. The van der Waals surface area contributed by atoms with Crippen molar-refractivity contribution in [1.29, 1.82) is 0 Å². The van der Waals surface area contributed by atoms with Crippen molar-refractivity contribution in [3.63, 3.8) is 0 Å². The topological polar surface area (TPSA) is 87.2 Å². The van der Waals surface area contributed by atoms with Gasteiger partial charge in [-0.05, 0) is 24.6 Å². The van der Waals surface area contributed by atoms with Crippen LogP contribution in [0.25, 0.3) is 0 Å². The van der Waals surface area contributed by atoms with E-state index in [1.165, 1.54) is 31.2 Å². The number of carbonyl (C=O) groups excluding carboxylic acids is 4. The van der Waals surface area contributed by atoms with Crippen LogP contribution in [0.1, 0.15) is 12.5 Å². The van der Waals surface area contributed by atoms with Gasteiger partial charge < -0.3 is 9.64 Å². The molecule has 1 aromatic carbocycles. The quantitative estimate of drug-likeness (QED) is 0.553. The molecule has 0 radical (unpaired) electrons. The lowest BCUT2D eigenvalue weighted by Gasteiger charge is -2.20. The number of likely N-dealkylation sites (N-methyl/N-ethyl adjacent to an activating group) is 2. The molecule has 0 spiro atoms. The van der Waals surface area contributed by atoms with Crippen LogP contribution in [0, 0.1) is 5.82 Å². The molecule has 0 unspecified atom stereocenters. The standard InChI is InChI=1S/C16H18FN3O5/c1-4-19-14(22)15(23)20(16(19)24)9-13(21)18(2)8-10-5-6-12(25-3)11(17)7-10/h5-7H,4,8-9H2,1-3H3. The average molecular weight is 351 g/mol. The molecule has 5 amide bonds. The number of hydrogen-bond donors (Lipinski definition) is 0. The average Bonchev–Trinajstić information content (AvgIpc) is 2.78. The fourth-order valence-electron chi connectivity index (χ4n) is 2.39. The third kappa shape index (κ3) is 3.59. The maximum Gasteiger partial charge on any atom is 0.334 e. The van der Waals surface area contributed by atoms with Gasteiger partial charge in [-0.15, -0.1) is 0 Å². The van der Waals surface area contributed by atoms with Gasteiger partial charge in [-0.1, -0.05) is 6.07 Å². The van der Waals surface area contributed by atoms with Crippen molar-refractivity contribution in [2.75, 3.05) is 27.2 Å². The summed E-state index contributed by atoms with van der Waals surface area (Å²) in [6.45, 7) is 1.13. The Morgan fingerprint density at radius 2 is 1.84 bits per heavy atom. The molecule has 25 heavy (non-hydrogen) atoms. The van der Waals surface area contributed by atoms with E-state index in [9.17, 15) is 23.6 Å². The van der Waals surface area contributed by atoms with E-state index in [0.29, 0.717) is 10.5 Å². The van der Waals surface area contributed by atoms with Gasteiger partial charge in [-0.25, -0.2) is 14.1 Å². The number of hydrogen-bond acceptors (Lipinski definition) is 5. The number of imide groups is 2. The molecule has 0 saturated carbocycles. The lowest BCUT2D eigenvalue weighted by molar-refractivity contribution is -0.144. The van der Waals surface area contributed by atoms with E-state index in [1.807, 2.05) is 0 Å². The van der Waals surface area contributed by atoms with E-state index in [2.05, 4.69) is 0 Å². The van der Waals surface area contributed by atoms with Crippen molar-refractivity contribution >= 4 is 23.8 Å². The van der Waals surface area contributed by atoms with Gasteiger partial charge in [0.2, 0.25) is 5.91 Å². The summed E-state index contributed by atoms with van der Waals surface area (Å²) in [5.41, 5.74) is 0.513. The minimum Gasteiger partial charge on any atom is -0.494 e. The summed E-state index contributed by atoms with van der Waals surface area (Å²) in [5.74, 6) is -2.99. The number of rotatable bonds is 6. The largest absolute Gasteiger partial charge is 0.494 e. The first-order chi connectivity index (χ1) is 11.8. The molecule has 1 heterocycles. The second kappa shape index (κ2) is 7.29. The molecular formula is C16H18FN3O5. The van der Waals surface area contributed by atoms with Gasteiger partial charge in [-0.3, -0.25) is 19.3 Å². The van der Waals surface area contributed by atoms with Crippen LogP contribution in [0.4, 0.5) is 9.18 Å². The highest BCUT2D eigenvalue weighted by Crippen LogP contribution is 2.19. The normalized spacial score (nSPS) is 14.3. The first-order valence-electron chi connectivity index (χ1n) is 7.53. The van der Waals surface area contributed by atoms with E-state index in [0.717, 1.165) is 4.90 Å². The van der Waals surface area contributed by atoms with Gasteiger partial charge in [0.15, 0.2) is 11.6 Å². The van der Waals surface area contributed by atoms with Crippen molar-refractivity contribution in [3.8, 4) is 5.75 Å². The zero-order chi connectivity index (χ0) is 18.7. The predicted octanol–water partition coefficient (Wildman–Crippen LogP) is 0.603. The van der Waals surface area contributed by atoms with Crippen LogP contribution in [0.15, 0.2) is 18.2 Å². The Kier molecular flexibility index (Phi) is 5.35. The van der Waals surface area contributed by atoms with Gasteiger partial charge in [0.25, 0.3) is 0 Å². The first kappa shape index (κ1) is 18.4. The summed E-state index contributed by atoms with van der Waals surface area (Å²) >= 11 is 0. The smallest absolute Gasteiger partial charge is 0.334 e. The SMILES string of the molecule is CCN1C(=O)C(=O)N(CC(=O)N(C)Cc2ccc(OC)c(F)c2)C1=O. The van der Waals surface area contributed by atoms with Crippen molar-refractivity contribution in [1.82, 2.24) is 14.7 Å². The van der Waals surface area contributed by atoms with Gasteiger partial charge in [-0.2, -0.15) is 0 Å². The lowest BCUT2D eigenvalue weighted by atomic mass is 10.2. The molecule has 1 aromatic rings. The van der Waals surface area contributed by atoms with Crippen molar-refractivity contribution < 1.29 is 28.3 Å². The molecule has 1 aliphatic heterocycles. The zero-order valence-electron chi connectivity index (χ0n) is 14.1. The Hall–Kier alpha value is -2.97. The van der Waals surface area contributed by atoms with Gasteiger partial charge in [0, 0.05) is 20.1 Å². The second-order valence-electron chi connectivity index (χ2n) is 5.44. The Morgan fingerprint density at radius 1 is 1.20 bits per heavy atom. The van der Waals surface area contributed by atoms with Gasteiger partial charge in [0.1, 0.15) is 6.54 Å². The summed E-state index contributed by atoms with van der Waals surface area (Å²) in [6, 6.07) is 3.46. The summed E-state index contributed by atoms with van der Waals surface area (Å²) in [5, 5.41) is 0. The number of nitrogens with zero attached hydrogens (tertiary/aromatic N) is 3. The molecule has 1 saturated heterocycles. The van der Waals surface area contributed by atoms with Crippen LogP contribution >= 0.6 is 0 Å². The molecule has 134 valence electrons. The molecule has 2 rings (SSSR count). The summed E-state index contributed by atoms with van der Waals surface area (Å²) < 4.78 is 18.5. The summed E-state index contributed by atoms with van der Waals surface area (Å²) in [4.78, 5) is 50.2. The van der Waals surface area contributed by atoms with E-state index in [4.69, 9.17) is 4.74 Å². The number of methoxy groups -OCH3 is 1. The van der Waals surface area contributed by atoms with Crippen LogP contribution in [-0.4, -0.2) is 65.7 Å². The molecule has 1 aliphatic rings. The Balaban J connectivity index is 2.03. The molecule has 0 aliphatic carbocycles. The number of benzene rings is 1. The molecule has 1 fully saturated rings. The minimum atomic E-state index is -1.02. The molecule has 9 heteroatoms. The van der Waals surface area contributed by atoms with E-state index in [-0.39, 0.29) is 18.8 Å². The highest BCUT2D eigenvalue weighted by molar-refractivity contribution is 6.45. The van der Waals surface area contributed by atoms with Crippen LogP contribution in [0.3, 0.4) is 0 Å². The van der Waals surface area contributed by atoms with Crippen LogP contribution in [0.2, 0.25) is 0 Å². The van der Waals surface area contributed by atoms with E-state index in [1.54, 1.807) is 13.0 Å². The van der Waals surface area contributed by atoms with Crippen LogP contribution < -0.4 is 4.74 Å². The number of carbonyl (C=O) groups is 4. The molecule has 0 bridgehead atoms. The fraction of sp³-hybridized carbons (Fsp3) is 0.375. The number of halogens is 1. The molecular weight excluding hydrogens is 333 g/mol. The number of urea groups is 1. The molecule has 0 atom stereocenters. The third-order valence-corrected chi connectivity index (χ3v) is 3.81. The first-order valence-corrected chi connectivity index (χ1v) is 7.53. The fourth-order valence-corrected chi connectivity index (χ4v) is 2.39. The van der Waals surface area contributed by atoms with Crippen molar-refractivity contribution in [3.05, 3.63) is 29.6 Å². The molecule has 0 aromatic heterocycles. The van der Waals surface area contributed by atoms with Gasteiger partial charge >= 0.3 is 17.8 Å². The van der Waals surface area contributed by atoms with Gasteiger partial charge in [0.05, 0.1) is 7.11 Å². The number of amides is 5. The Morgan fingerprint density at radius 3 is 2.36 bits per heavy atom. The van der Waals surface area contributed by atoms with Crippen molar-refractivity contribution in [2.45, 2.75) is 13.5 Å². The monoisotopic (exact) mass is 351 g/mol. The zero-order valence-corrected chi connectivity index (χ0v) is 14.1. The lowest BCUT2D eigenvalue weighted by Crippen LogP contribution is -2.42. The predicted molar refractivity (Wildman–Crippen MR) is 83.9 cm³/mol.